The van der Waals surface area contributed by atoms with E-state index in [0.29, 0.717) is 0 Å². The van der Waals surface area contributed by atoms with E-state index in [1.165, 1.54) is 12.1 Å². The topological polar surface area (TPSA) is 32.6 Å². The first-order valence-corrected chi connectivity index (χ1v) is 7.48. The number of nitrogens with one attached hydrogen (secondary N) is 1. The van der Waals surface area contributed by atoms with E-state index in [1.54, 1.807) is 11.3 Å². The fourth-order valence-corrected chi connectivity index (χ4v) is 2.83. The minimum atomic E-state index is 1.08. The average molecular weight is 266 g/mol. The van der Waals surface area contributed by atoms with E-state index in [1.807, 2.05) is 12.4 Å². The number of imidazole rings is 1. The molecule has 0 saturated heterocycles. The molecule has 0 aliphatic rings. The number of thiazole rings is 1. The molecule has 0 aliphatic heterocycles. The molecule has 0 saturated carbocycles. The summed E-state index contributed by atoms with van der Waals surface area (Å²) in [7, 11) is 2.19. The normalized spacial score (nSPS) is 11.7. The van der Waals surface area contributed by atoms with Crippen molar-refractivity contribution in [2.75, 3.05) is 33.2 Å². The monoisotopic (exact) mass is 266 g/mol. The van der Waals surface area contributed by atoms with Crippen LogP contribution in [-0.4, -0.2) is 47.5 Å². The van der Waals surface area contributed by atoms with Crippen LogP contribution in [0.3, 0.4) is 0 Å². The Bertz CT molecular complexity index is 462. The highest BCUT2D eigenvalue weighted by Gasteiger charge is 2.05. The average Bonchev–Trinajstić information content (AvgIpc) is 2.95. The molecule has 0 aliphatic carbocycles. The second-order valence-electron chi connectivity index (χ2n) is 4.61. The van der Waals surface area contributed by atoms with Crippen LogP contribution in [0.15, 0.2) is 17.8 Å². The number of nitrogens with zero attached hydrogens (tertiary/aromatic N) is 3. The summed E-state index contributed by atoms with van der Waals surface area (Å²) in [5.74, 6) is 0. The van der Waals surface area contributed by atoms with E-state index in [2.05, 4.69) is 39.0 Å². The van der Waals surface area contributed by atoms with Crippen LogP contribution in [0.1, 0.15) is 19.0 Å². The van der Waals surface area contributed by atoms with Gasteiger partial charge in [0, 0.05) is 49.5 Å². The van der Waals surface area contributed by atoms with Gasteiger partial charge in [-0.05, 0) is 20.0 Å². The second-order valence-corrected chi connectivity index (χ2v) is 5.45. The van der Waals surface area contributed by atoms with Crippen LogP contribution < -0.4 is 5.32 Å². The Balaban J connectivity index is 1.72. The Morgan fingerprint density at radius 2 is 2.28 bits per heavy atom. The van der Waals surface area contributed by atoms with Crippen molar-refractivity contribution in [2.24, 2.45) is 0 Å². The van der Waals surface area contributed by atoms with Gasteiger partial charge in [0.15, 0.2) is 4.96 Å². The molecule has 0 radical (unpaired) electrons. The van der Waals surface area contributed by atoms with Crippen molar-refractivity contribution in [1.29, 1.82) is 0 Å². The second kappa shape index (κ2) is 6.87. The van der Waals surface area contributed by atoms with Crippen molar-refractivity contribution in [3.05, 3.63) is 23.5 Å². The first-order chi connectivity index (χ1) is 8.81. The van der Waals surface area contributed by atoms with Gasteiger partial charge in [-0.15, -0.1) is 11.3 Å². The molecule has 5 heteroatoms. The summed E-state index contributed by atoms with van der Waals surface area (Å²) >= 11 is 1.72. The third-order valence-electron chi connectivity index (χ3n) is 3.06. The molecule has 0 bridgehead atoms. The largest absolute Gasteiger partial charge is 0.315 e. The molecule has 100 valence electrons. The standard InChI is InChI=1S/C13H22N4S/c1-3-5-14-6-9-16(2)8-4-12-11-18-13-15-7-10-17(12)13/h7,10-11,14H,3-6,8-9H2,1-2H3. The van der Waals surface area contributed by atoms with Gasteiger partial charge in [-0.2, -0.15) is 0 Å². The summed E-state index contributed by atoms with van der Waals surface area (Å²) in [4.78, 5) is 7.77. The summed E-state index contributed by atoms with van der Waals surface area (Å²) in [5.41, 5.74) is 1.36. The molecule has 1 N–H and O–H groups in total. The van der Waals surface area contributed by atoms with Gasteiger partial charge in [0.2, 0.25) is 0 Å². The summed E-state index contributed by atoms with van der Waals surface area (Å²) < 4.78 is 2.19. The van der Waals surface area contributed by atoms with Crippen LogP contribution in [0, 0.1) is 0 Å². The van der Waals surface area contributed by atoms with Crippen LogP contribution in [0.5, 0.6) is 0 Å². The number of aromatic nitrogens is 2. The van der Waals surface area contributed by atoms with Crippen molar-refractivity contribution >= 4 is 16.3 Å². The minimum Gasteiger partial charge on any atom is -0.315 e. The highest BCUT2D eigenvalue weighted by Crippen LogP contribution is 2.14. The molecule has 2 heterocycles. The fourth-order valence-electron chi connectivity index (χ4n) is 1.94. The Morgan fingerprint density at radius 3 is 3.11 bits per heavy atom. The molecule has 4 nitrogen and oxygen atoms in total. The Labute approximate surface area is 113 Å². The summed E-state index contributed by atoms with van der Waals surface area (Å²) in [6.45, 7) is 6.60. The van der Waals surface area contributed by atoms with Gasteiger partial charge in [-0.25, -0.2) is 4.98 Å². The van der Waals surface area contributed by atoms with Gasteiger partial charge in [0.25, 0.3) is 0 Å². The van der Waals surface area contributed by atoms with Crippen LogP contribution in [0.2, 0.25) is 0 Å². The lowest BCUT2D eigenvalue weighted by Crippen LogP contribution is -2.31. The van der Waals surface area contributed by atoms with Gasteiger partial charge in [-0.3, -0.25) is 4.40 Å². The molecule has 2 rings (SSSR count). The molecule has 0 unspecified atom stereocenters. The maximum absolute atomic E-state index is 4.29. The fraction of sp³-hybridized carbons (Fsp3) is 0.615. The lowest BCUT2D eigenvalue weighted by Gasteiger charge is -2.16. The van der Waals surface area contributed by atoms with Crippen LogP contribution in [0.4, 0.5) is 0 Å². The SMILES string of the molecule is CCCNCCN(C)CCc1csc2nccn12. The van der Waals surface area contributed by atoms with Gasteiger partial charge in [0.05, 0.1) is 0 Å². The Kier molecular flexibility index (Phi) is 5.16. The van der Waals surface area contributed by atoms with Crippen LogP contribution >= 0.6 is 11.3 Å². The molecule has 2 aromatic rings. The van der Waals surface area contributed by atoms with Gasteiger partial charge in [-0.1, -0.05) is 6.92 Å². The Hall–Kier alpha value is -0.910. The number of fused-ring (bicyclic) bond motifs is 1. The lowest BCUT2D eigenvalue weighted by molar-refractivity contribution is 0.334. The molecule has 0 spiro atoms. The van der Waals surface area contributed by atoms with E-state index in [4.69, 9.17) is 0 Å². The number of hydrogen-bond donors (Lipinski definition) is 1. The van der Waals surface area contributed by atoms with E-state index >= 15 is 0 Å². The lowest BCUT2D eigenvalue weighted by atomic mass is 10.3. The predicted molar refractivity (Wildman–Crippen MR) is 77.4 cm³/mol. The van der Waals surface area contributed by atoms with Crippen molar-refractivity contribution in [3.8, 4) is 0 Å². The number of likely N-dealkylation sites (N-methyl/N-ethyl adjacent to an activating group) is 1. The minimum absolute atomic E-state index is 1.08. The zero-order chi connectivity index (χ0) is 12.8. The van der Waals surface area contributed by atoms with E-state index in [-0.39, 0.29) is 0 Å². The third kappa shape index (κ3) is 3.54. The van der Waals surface area contributed by atoms with Crippen LogP contribution in [0.25, 0.3) is 4.96 Å². The summed E-state index contributed by atoms with van der Waals surface area (Å²) in [6.07, 6.45) is 6.20. The van der Waals surface area contributed by atoms with Gasteiger partial charge < -0.3 is 10.2 Å². The van der Waals surface area contributed by atoms with E-state index < -0.39 is 0 Å². The molecular weight excluding hydrogens is 244 g/mol. The van der Waals surface area contributed by atoms with Crippen molar-refractivity contribution < 1.29 is 0 Å². The first-order valence-electron chi connectivity index (χ1n) is 6.60. The smallest absolute Gasteiger partial charge is 0.193 e. The van der Waals surface area contributed by atoms with E-state index in [0.717, 1.165) is 37.6 Å². The van der Waals surface area contributed by atoms with Gasteiger partial charge in [0.1, 0.15) is 0 Å². The maximum atomic E-state index is 4.29. The third-order valence-corrected chi connectivity index (χ3v) is 3.97. The number of rotatable bonds is 8. The predicted octanol–water partition coefficient (Wildman–Crippen LogP) is 1.87. The molecule has 0 amide bonds. The highest BCUT2D eigenvalue weighted by atomic mass is 32.1. The summed E-state index contributed by atoms with van der Waals surface area (Å²) in [6, 6.07) is 0. The molecule has 18 heavy (non-hydrogen) atoms. The Morgan fingerprint density at radius 1 is 1.39 bits per heavy atom. The quantitative estimate of drug-likeness (QED) is 0.740. The first kappa shape index (κ1) is 13.5. The number of hydrogen-bond acceptors (Lipinski definition) is 4. The van der Waals surface area contributed by atoms with Crippen molar-refractivity contribution in [3.63, 3.8) is 0 Å². The zero-order valence-corrected chi connectivity index (χ0v) is 12.0. The van der Waals surface area contributed by atoms with Gasteiger partial charge >= 0.3 is 0 Å². The maximum Gasteiger partial charge on any atom is 0.193 e. The summed E-state index contributed by atoms with van der Waals surface area (Å²) in [5, 5.41) is 5.64. The molecule has 0 aromatic carbocycles. The molecular formula is C13H22N4S. The highest BCUT2D eigenvalue weighted by molar-refractivity contribution is 7.15. The molecule has 0 atom stereocenters. The zero-order valence-electron chi connectivity index (χ0n) is 11.2. The van der Waals surface area contributed by atoms with E-state index in [9.17, 15) is 0 Å². The van der Waals surface area contributed by atoms with Crippen molar-refractivity contribution in [1.82, 2.24) is 19.6 Å². The van der Waals surface area contributed by atoms with Crippen LogP contribution in [-0.2, 0) is 6.42 Å². The molecule has 2 aromatic heterocycles. The van der Waals surface area contributed by atoms with Crippen molar-refractivity contribution in [2.45, 2.75) is 19.8 Å². The molecule has 0 fully saturated rings.